The van der Waals surface area contributed by atoms with E-state index in [0.717, 1.165) is 0 Å². The van der Waals surface area contributed by atoms with Gasteiger partial charge in [0.05, 0.1) is 4.92 Å². The third-order valence-corrected chi connectivity index (χ3v) is 4.64. The number of non-ortho nitro benzene ring substituents is 1. The monoisotopic (exact) mass is 390 g/mol. The number of hydrogen-bond acceptors (Lipinski definition) is 5. The van der Waals surface area contributed by atoms with E-state index in [9.17, 15) is 24.9 Å². The molecule has 1 atom stereocenters. The van der Waals surface area contributed by atoms with E-state index >= 15 is 0 Å². The van der Waals surface area contributed by atoms with Crippen molar-refractivity contribution in [3.05, 3.63) is 111 Å². The molecular weight excluding hydrogens is 372 g/mol. The van der Waals surface area contributed by atoms with Gasteiger partial charge >= 0.3 is 0 Å². The predicted molar refractivity (Wildman–Crippen MR) is 106 cm³/mol. The molecule has 1 heterocycles. The van der Waals surface area contributed by atoms with Gasteiger partial charge in [-0.25, -0.2) is 0 Å². The molecule has 3 aromatic rings. The van der Waals surface area contributed by atoms with Crippen LogP contribution < -0.4 is 4.73 Å². The largest absolute Gasteiger partial charge is 0.618 e. The molecule has 0 N–H and O–H groups in total. The second-order valence-electron chi connectivity index (χ2n) is 6.58. The number of hydrogen-bond donors (Lipinski definition) is 0. The fourth-order valence-electron chi connectivity index (χ4n) is 3.11. The highest BCUT2D eigenvalue weighted by Crippen LogP contribution is 2.28. The first kappa shape index (κ1) is 19.9. The third kappa shape index (κ3) is 4.90. The van der Waals surface area contributed by atoms with Gasteiger partial charge in [0.1, 0.15) is 0 Å². The van der Waals surface area contributed by atoms with Crippen LogP contribution in [0.15, 0.2) is 79.0 Å². The Balaban J connectivity index is 1.88. The number of ketones is 2. The summed E-state index contributed by atoms with van der Waals surface area (Å²) in [5, 5.41) is 22.8. The summed E-state index contributed by atoms with van der Waals surface area (Å²) < 4.78 is 0.494. The third-order valence-electron chi connectivity index (χ3n) is 4.64. The van der Waals surface area contributed by atoms with Crippen molar-refractivity contribution >= 4 is 17.3 Å². The Hall–Kier alpha value is -3.87. The summed E-state index contributed by atoms with van der Waals surface area (Å²) >= 11 is 0. The van der Waals surface area contributed by atoms with Gasteiger partial charge in [0.25, 0.3) is 11.4 Å². The van der Waals surface area contributed by atoms with Crippen molar-refractivity contribution in [2.24, 2.45) is 0 Å². The van der Waals surface area contributed by atoms with Gasteiger partial charge in [0.2, 0.25) is 5.78 Å². The van der Waals surface area contributed by atoms with Crippen LogP contribution in [0.3, 0.4) is 0 Å². The molecule has 0 aliphatic rings. The van der Waals surface area contributed by atoms with Crippen molar-refractivity contribution in [2.45, 2.75) is 18.8 Å². The summed E-state index contributed by atoms with van der Waals surface area (Å²) in [6.45, 7) is 0. The van der Waals surface area contributed by atoms with Crippen molar-refractivity contribution in [3.8, 4) is 0 Å². The van der Waals surface area contributed by atoms with E-state index in [4.69, 9.17) is 0 Å². The van der Waals surface area contributed by atoms with E-state index in [1.807, 2.05) is 0 Å². The molecule has 146 valence electrons. The summed E-state index contributed by atoms with van der Waals surface area (Å²) in [4.78, 5) is 35.8. The maximum Gasteiger partial charge on any atom is 0.269 e. The average molecular weight is 390 g/mol. The second kappa shape index (κ2) is 8.88. The highest BCUT2D eigenvalue weighted by atomic mass is 16.6. The molecule has 0 bridgehead atoms. The first-order valence-corrected chi connectivity index (χ1v) is 8.99. The summed E-state index contributed by atoms with van der Waals surface area (Å²) in [5.41, 5.74) is 1.06. The van der Waals surface area contributed by atoms with Gasteiger partial charge in [-0.15, -0.1) is 0 Å². The fourth-order valence-corrected chi connectivity index (χ4v) is 3.11. The molecule has 0 saturated carbocycles. The Morgan fingerprint density at radius 1 is 0.862 bits per heavy atom. The van der Waals surface area contributed by atoms with Crippen LogP contribution in [0.2, 0.25) is 0 Å². The van der Waals surface area contributed by atoms with E-state index in [1.54, 1.807) is 48.5 Å². The Bertz CT molecular complexity index is 1030. The quantitative estimate of drug-likeness (QED) is 0.191. The first-order valence-electron chi connectivity index (χ1n) is 8.99. The van der Waals surface area contributed by atoms with Gasteiger partial charge in [0.15, 0.2) is 12.0 Å². The van der Waals surface area contributed by atoms with E-state index in [1.165, 1.54) is 30.5 Å². The highest BCUT2D eigenvalue weighted by molar-refractivity contribution is 5.98. The number of rotatable bonds is 8. The summed E-state index contributed by atoms with van der Waals surface area (Å²) in [6, 6.07) is 19.0. The minimum Gasteiger partial charge on any atom is -0.618 e. The molecule has 7 heteroatoms. The van der Waals surface area contributed by atoms with Crippen LogP contribution in [0.25, 0.3) is 0 Å². The molecule has 0 spiro atoms. The molecule has 3 rings (SSSR count). The minimum atomic E-state index is -0.517. The van der Waals surface area contributed by atoms with Gasteiger partial charge in [-0.2, -0.15) is 4.73 Å². The van der Waals surface area contributed by atoms with Crippen LogP contribution in [0.1, 0.15) is 45.2 Å². The van der Waals surface area contributed by atoms with Crippen LogP contribution in [-0.2, 0) is 0 Å². The first-order chi connectivity index (χ1) is 14.0. The highest BCUT2D eigenvalue weighted by Gasteiger charge is 2.25. The van der Waals surface area contributed by atoms with Gasteiger partial charge < -0.3 is 5.21 Å². The number of Topliss-reactive ketones (excluding diaryl/α,β-unsaturated/α-hetero) is 2. The zero-order valence-corrected chi connectivity index (χ0v) is 15.4. The lowest BCUT2D eigenvalue weighted by Gasteiger charge is -2.16. The lowest BCUT2D eigenvalue weighted by Crippen LogP contribution is -2.34. The number of nitro groups is 1. The van der Waals surface area contributed by atoms with Crippen LogP contribution >= 0.6 is 0 Å². The summed E-state index contributed by atoms with van der Waals surface area (Å²) in [7, 11) is 0. The lowest BCUT2D eigenvalue weighted by atomic mass is 9.87. The molecule has 0 radical (unpaired) electrons. The molecule has 7 nitrogen and oxygen atoms in total. The van der Waals surface area contributed by atoms with Crippen molar-refractivity contribution in [2.75, 3.05) is 0 Å². The minimum absolute atomic E-state index is 0.00780. The van der Waals surface area contributed by atoms with Crippen LogP contribution in [0.5, 0.6) is 0 Å². The van der Waals surface area contributed by atoms with E-state index in [-0.39, 0.29) is 30.0 Å². The maximum atomic E-state index is 12.7. The van der Waals surface area contributed by atoms with Crippen molar-refractivity contribution in [1.29, 1.82) is 0 Å². The molecule has 2 aromatic carbocycles. The Kier molecular flexibility index (Phi) is 6.09. The molecule has 0 amide bonds. The normalized spacial score (nSPS) is 11.6. The Morgan fingerprint density at radius 3 is 2.10 bits per heavy atom. The predicted octanol–water partition coefficient (Wildman–Crippen LogP) is 3.86. The van der Waals surface area contributed by atoms with Crippen LogP contribution in [-0.4, -0.2) is 16.5 Å². The summed E-state index contributed by atoms with van der Waals surface area (Å²) in [5.74, 6) is -1.06. The number of nitro benzene ring substituents is 1. The fraction of sp³-hybridized carbons (Fsp3) is 0.136. The standard InChI is InChI=1S/C22H18N2O5/c25-21(17-6-2-1-3-7-17)14-18(16-9-11-19(12-10-16)24(28)29)15-22(26)20-8-4-5-13-23(20)27/h1-13,18H,14-15H2/t18-/m1/s1. The van der Waals surface area contributed by atoms with Gasteiger partial charge in [-0.3, -0.25) is 19.7 Å². The van der Waals surface area contributed by atoms with E-state index < -0.39 is 16.6 Å². The SMILES string of the molecule is O=C(C[C@H](CC(=O)c1cccc[n+]1[O-])c1ccc([N+](=O)[O-])cc1)c1ccccc1. The number of pyridine rings is 1. The molecule has 29 heavy (non-hydrogen) atoms. The molecule has 0 fully saturated rings. The lowest BCUT2D eigenvalue weighted by molar-refractivity contribution is -0.607. The van der Waals surface area contributed by atoms with Crippen molar-refractivity contribution in [1.82, 2.24) is 0 Å². The van der Waals surface area contributed by atoms with Crippen molar-refractivity contribution < 1.29 is 19.2 Å². The van der Waals surface area contributed by atoms with Crippen molar-refractivity contribution in [3.63, 3.8) is 0 Å². The summed E-state index contributed by atoms with van der Waals surface area (Å²) in [6.07, 6.45) is 1.21. The number of carbonyl (C=O) groups excluding carboxylic acids is 2. The topological polar surface area (TPSA) is 104 Å². The van der Waals surface area contributed by atoms with Gasteiger partial charge in [-0.1, -0.05) is 42.5 Å². The molecule has 0 unspecified atom stereocenters. The van der Waals surface area contributed by atoms with Crippen LogP contribution in [0.4, 0.5) is 5.69 Å². The molecule has 1 aromatic heterocycles. The molecule has 0 aliphatic heterocycles. The van der Waals surface area contributed by atoms with E-state index in [0.29, 0.717) is 15.9 Å². The Labute approximate surface area is 167 Å². The molecule has 0 aliphatic carbocycles. The zero-order valence-electron chi connectivity index (χ0n) is 15.4. The number of nitrogens with zero attached hydrogens (tertiary/aromatic N) is 2. The maximum absolute atomic E-state index is 12.7. The number of aromatic nitrogens is 1. The molecule has 0 saturated heterocycles. The van der Waals surface area contributed by atoms with Gasteiger partial charge in [0, 0.05) is 42.7 Å². The van der Waals surface area contributed by atoms with E-state index in [2.05, 4.69) is 0 Å². The smallest absolute Gasteiger partial charge is 0.269 e. The zero-order chi connectivity index (χ0) is 20.8. The number of carbonyl (C=O) groups is 2. The number of benzene rings is 2. The Morgan fingerprint density at radius 2 is 1.48 bits per heavy atom. The average Bonchev–Trinajstić information content (AvgIpc) is 2.74. The molecular formula is C22H18N2O5. The second-order valence-corrected chi connectivity index (χ2v) is 6.58. The van der Waals surface area contributed by atoms with Crippen LogP contribution in [0, 0.1) is 15.3 Å². The van der Waals surface area contributed by atoms with Gasteiger partial charge in [-0.05, 0) is 17.5 Å².